The summed E-state index contributed by atoms with van der Waals surface area (Å²) in [7, 11) is 0. The molecule has 0 saturated carbocycles. The molecule has 1 aromatic rings. The van der Waals surface area contributed by atoms with Crippen molar-refractivity contribution in [1.82, 2.24) is 5.32 Å². The minimum Gasteiger partial charge on any atom is -0.377 e. The average Bonchev–Trinajstić information content (AvgIpc) is 2.24. The van der Waals surface area contributed by atoms with E-state index < -0.39 is 0 Å². The van der Waals surface area contributed by atoms with Crippen LogP contribution in [0.1, 0.15) is 32.4 Å². The highest BCUT2D eigenvalue weighted by atomic mass is 127. The molecule has 1 atom stereocenters. The SMILES string of the molecule is CCNC(COC(C)C)c1ccc(F)cc1I. The van der Waals surface area contributed by atoms with Crippen LogP contribution in [0.5, 0.6) is 0 Å². The second-order valence-corrected chi connectivity index (χ2v) is 5.32. The van der Waals surface area contributed by atoms with Gasteiger partial charge in [0.05, 0.1) is 18.8 Å². The standard InChI is InChI=1S/C13H19FINO/c1-4-16-13(8-17-9(2)3)11-6-5-10(14)7-12(11)15/h5-7,9,13,16H,4,8H2,1-3H3. The summed E-state index contributed by atoms with van der Waals surface area (Å²) in [5.74, 6) is -0.196. The zero-order valence-corrected chi connectivity index (χ0v) is 12.6. The van der Waals surface area contributed by atoms with Crippen LogP contribution in [-0.2, 0) is 4.74 Å². The number of hydrogen-bond acceptors (Lipinski definition) is 2. The Morgan fingerprint density at radius 2 is 2.12 bits per heavy atom. The fourth-order valence-electron chi connectivity index (χ4n) is 1.58. The van der Waals surface area contributed by atoms with Gasteiger partial charge in [-0.25, -0.2) is 4.39 Å². The lowest BCUT2D eigenvalue weighted by Crippen LogP contribution is -2.27. The predicted octanol–water partition coefficient (Wildman–Crippen LogP) is 3.51. The Kier molecular flexibility index (Phi) is 6.37. The molecule has 0 bridgehead atoms. The molecule has 96 valence electrons. The zero-order chi connectivity index (χ0) is 12.8. The first-order chi connectivity index (χ1) is 8.04. The van der Waals surface area contributed by atoms with Crippen molar-refractivity contribution in [3.8, 4) is 0 Å². The van der Waals surface area contributed by atoms with Gasteiger partial charge in [0.1, 0.15) is 5.82 Å². The van der Waals surface area contributed by atoms with Crippen molar-refractivity contribution < 1.29 is 9.13 Å². The van der Waals surface area contributed by atoms with Crippen molar-refractivity contribution in [1.29, 1.82) is 0 Å². The van der Waals surface area contributed by atoms with Gasteiger partial charge in [0.2, 0.25) is 0 Å². The van der Waals surface area contributed by atoms with Gasteiger partial charge in [0.15, 0.2) is 0 Å². The van der Waals surface area contributed by atoms with E-state index in [9.17, 15) is 4.39 Å². The molecule has 1 rings (SSSR count). The molecule has 0 heterocycles. The zero-order valence-electron chi connectivity index (χ0n) is 10.5. The number of hydrogen-bond donors (Lipinski definition) is 1. The molecule has 0 radical (unpaired) electrons. The highest BCUT2D eigenvalue weighted by molar-refractivity contribution is 14.1. The van der Waals surface area contributed by atoms with Crippen molar-refractivity contribution in [3.63, 3.8) is 0 Å². The van der Waals surface area contributed by atoms with Crippen LogP contribution in [0, 0.1) is 9.39 Å². The summed E-state index contributed by atoms with van der Waals surface area (Å²) in [5.41, 5.74) is 1.09. The van der Waals surface area contributed by atoms with Gasteiger partial charge in [-0.05, 0) is 60.7 Å². The number of likely N-dealkylation sites (N-methyl/N-ethyl adjacent to an activating group) is 1. The second kappa shape index (κ2) is 7.28. The maximum absolute atomic E-state index is 13.1. The third-order valence-electron chi connectivity index (χ3n) is 2.38. The van der Waals surface area contributed by atoms with Crippen molar-refractivity contribution in [3.05, 3.63) is 33.1 Å². The van der Waals surface area contributed by atoms with Crippen LogP contribution in [0.3, 0.4) is 0 Å². The monoisotopic (exact) mass is 351 g/mol. The molecule has 0 saturated heterocycles. The van der Waals surface area contributed by atoms with E-state index in [2.05, 4.69) is 34.8 Å². The summed E-state index contributed by atoms with van der Waals surface area (Å²) in [6.45, 7) is 7.54. The van der Waals surface area contributed by atoms with Gasteiger partial charge in [0.25, 0.3) is 0 Å². The van der Waals surface area contributed by atoms with E-state index in [0.717, 1.165) is 15.7 Å². The van der Waals surface area contributed by atoms with E-state index in [1.165, 1.54) is 6.07 Å². The quantitative estimate of drug-likeness (QED) is 0.792. The summed E-state index contributed by atoms with van der Waals surface area (Å²) in [6, 6.07) is 5.00. The number of benzene rings is 1. The summed E-state index contributed by atoms with van der Waals surface area (Å²) in [5, 5.41) is 3.36. The lowest BCUT2D eigenvalue weighted by atomic mass is 10.1. The first-order valence-corrected chi connectivity index (χ1v) is 6.92. The Morgan fingerprint density at radius 1 is 1.41 bits per heavy atom. The van der Waals surface area contributed by atoms with Gasteiger partial charge in [-0.3, -0.25) is 0 Å². The predicted molar refractivity (Wildman–Crippen MR) is 76.6 cm³/mol. The molecule has 1 unspecified atom stereocenters. The van der Waals surface area contributed by atoms with Gasteiger partial charge < -0.3 is 10.1 Å². The molecular formula is C13H19FINO. The molecule has 0 aliphatic carbocycles. The highest BCUT2D eigenvalue weighted by Crippen LogP contribution is 2.21. The number of halogens is 2. The van der Waals surface area contributed by atoms with E-state index in [1.54, 1.807) is 6.07 Å². The fourth-order valence-corrected chi connectivity index (χ4v) is 2.43. The van der Waals surface area contributed by atoms with E-state index in [1.807, 2.05) is 19.9 Å². The Hall–Kier alpha value is -0.200. The first kappa shape index (κ1) is 14.9. The van der Waals surface area contributed by atoms with Gasteiger partial charge in [-0.1, -0.05) is 13.0 Å². The Labute approximate surface area is 116 Å². The summed E-state index contributed by atoms with van der Waals surface area (Å²) < 4.78 is 19.6. The van der Waals surface area contributed by atoms with Crippen LogP contribution in [0.25, 0.3) is 0 Å². The fraction of sp³-hybridized carbons (Fsp3) is 0.538. The third-order valence-corrected chi connectivity index (χ3v) is 3.32. The molecule has 1 N–H and O–H groups in total. The molecule has 17 heavy (non-hydrogen) atoms. The van der Waals surface area contributed by atoms with Crippen LogP contribution in [0.4, 0.5) is 4.39 Å². The number of rotatable bonds is 6. The third kappa shape index (κ3) is 4.89. The van der Waals surface area contributed by atoms with E-state index >= 15 is 0 Å². The van der Waals surface area contributed by atoms with Crippen molar-refractivity contribution in [2.45, 2.75) is 32.9 Å². The summed E-state index contributed by atoms with van der Waals surface area (Å²) in [4.78, 5) is 0. The van der Waals surface area contributed by atoms with Gasteiger partial charge in [-0.15, -0.1) is 0 Å². The van der Waals surface area contributed by atoms with Crippen molar-refractivity contribution in [2.24, 2.45) is 0 Å². The average molecular weight is 351 g/mol. The van der Waals surface area contributed by atoms with Crippen LogP contribution >= 0.6 is 22.6 Å². The molecule has 2 nitrogen and oxygen atoms in total. The molecule has 1 aromatic carbocycles. The molecule has 0 aliphatic rings. The van der Waals surface area contributed by atoms with E-state index in [0.29, 0.717) is 6.61 Å². The molecule has 0 aliphatic heterocycles. The van der Waals surface area contributed by atoms with E-state index in [4.69, 9.17) is 4.74 Å². The van der Waals surface area contributed by atoms with Crippen molar-refractivity contribution in [2.75, 3.05) is 13.2 Å². The number of ether oxygens (including phenoxy) is 1. The Balaban J connectivity index is 2.81. The Morgan fingerprint density at radius 3 is 2.65 bits per heavy atom. The molecule has 4 heteroatoms. The minimum absolute atomic E-state index is 0.120. The first-order valence-electron chi connectivity index (χ1n) is 5.84. The lowest BCUT2D eigenvalue weighted by molar-refractivity contribution is 0.0612. The Bertz CT molecular complexity index is 357. The molecule has 0 amide bonds. The number of nitrogens with one attached hydrogen (secondary N) is 1. The second-order valence-electron chi connectivity index (χ2n) is 4.16. The van der Waals surface area contributed by atoms with Gasteiger partial charge in [-0.2, -0.15) is 0 Å². The van der Waals surface area contributed by atoms with Gasteiger partial charge in [0, 0.05) is 3.57 Å². The highest BCUT2D eigenvalue weighted by Gasteiger charge is 2.14. The van der Waals surface area contributed by atoms with Crippen LogP contribution < -0.4 is 5.32 Å². The summed E-state index contributed by atoms with van der Waals surface area (Å²) in [6.07, 6.45) is 0.203. The topological polar surface area (TPSA) is 21.3 Å². The lowest BCUT2D eigenvalue weighted by Gasteiger charge is -2.21. The molecule has 0 aromatic heterocycles. The van der Waals surface area contributed by atoms with E-state index in [-0.39, 0.29) is 18.0 Å². The summed E-state index contributed by atoms with van der Waals surface area (Å²) >= 11 is 2.16. The van der Waals surface area contributed by atoms with Gasteiger partial charge >= 0.3 is 0 Å². The normalized spacial score (nSPS) is 13.1. The largest absolute Gasteiger partial charge is 0.377 e. The smallest absolute Gasteiger partial charge is 0.124 e. The van der Waals surface area contributed by atoms with Crippen molar-refractivity contribution >= 4 is 22.6 Å². The van der Waals surface area contributed by atoms with Crippen LogP contribution in [0.15, 0.2) is 18.2 Å². The maximum Gasteiger partial charge on any atom is 0.124 e. The maximum atomic E-state index is 13.1. The minimum atomic E-state index is -0.196. The van der Waals surface area contributed by atoms with Crippen LogP contribution in [-0.4, -0.2) is 19.3 Å². The molecular weight excluding hydrogens is 332 g/mol. The molecule has 0 spiro atoms. The molecule has 0 fully saturated rings. The van der Waals surface area contributed by atoms with Crippen LogP contribution in [0.2, 0.25) is 0 Å².